The fourth-order valence-electron chi connectivity index (χ4n) is 1.86. The van der Waals surface area contributed by atoms with E-state index in [1.165, 1.54) is 12.1 Å². The van der Waals surface area contributed by atoms with Gasteiger partial charge in [0.05, 0.1) is 5.56 Å². The van der Waals surface area contributed by atoms with E-state index in [1.54, 1.807) is 12.3 Å². The van der Waals surface area contributed by atoms with Gasteiger partial charge < -0.3 is 11.1 Å². The molecule has 3 nitrogen and oxygen atoms in total. The van der Waals surface area contributed by atoms with Crippen LogP contribution in [-0.4, -0.2) is 9.97 Å². The quantitative estimate of drug-likeness (QED) is 0.845. The summed E-state index contributed by atoms with van der Waals surface area (Å²) in [7, 11) is 0. The van der Waals surface area contributed by atoms with Gasteiger partial charge >= 0.3 is 0 Å². The SMILES string of the molecule is Cc1cc(F)ccc1Nc1nccc(C)c1C(N)=S. The Hall–Kier alpha value is -2.01. The topological polar surface area (TPSA) is 50.9 Å². The van der Waals surface area contributed by atoms with E-state index >= 15 is 0 Å². The molecule has 1 aromatic heterocycles. The number of hydrogen-bond acceptors (Lipinski definition) is 3. The van der Waals surface area contributed by atoms with Crippen LogP contribution < -0.4 is 11.1 Å². The highest BCUT2D eigenvalue weighted by molar-refractivity contribution is 7.80. The van der Waals surface area contributed by atoms with Gasteiger partial charge in [0.25, 0.3) is 0 Å². The van der Waals surface area contributed by atoms with Gasteiger partial charge in [-0.1, -0.05) is 12.2 Å². The number of pyridine rings is 1. The number of thiocarbonyl (C=S) groups is 1. The Morgan fingerprint density at radius 3 is 2.63 bits per heavy atom. The molecule has 0 saturated heterocycles. The summed E-state index contributed by atoms with van der Waals surface area (Å²) < 4.78 is 13.1. The highest BCUT2D eigenvalue weighted by atomic mass is 32.1. The van der Waals surface area contributed by atoms with Crippen LogP contribution in [-0.2, 0) is 0 Å². The van der Waals surface area contributed by atoms with Crippen molar-refractivity contribution in [1.29, 1.82) is 0 Å². The molecule has 0 bridgehead atoms. The van der Waals surface area contributed by atoms with Gasteiger partial charge in [-0.25, -0.2) is 9.37 Å². The average Bonchev–Trinajstić information content (AvgIpc) is 2.32. The molecule has 0 unspecified atom stereocenters. The molecule has 1 heterocycles. The van der Waals surface area contributed by atoms with Crippen molar-refractivity contribution in [2.75, 3.05) is 5.32 Å². The molecule has 98 valence electrons. The Bertz CT molecular complexity index is 641. The van der Waals surface area contributed by atoms with E-state index in [1.807, 2.05) is 19.9 Å². The molecule has 2 rings (SSSR count). The van der Waals surface area contributed by atoms with E-state index in [9.17, 15) is 4.39 Å². The standard InChI is InChI=1S/C14H14FN3S/c1-8-5-6-17-14(12(8)13(16)19)18-11-4-3-10(15)7-9(11)2/h3-7H,1-2H3,(H2,16,19)(H,17,18). The molecule has 3 N–H and O–H groups in total. The number of aromatic nitrogens is 1. The van der Waals surface area contributed by atoms with Crippen molar-refractivity contribution in [1.82, 2.24) is 4.98 Å². The molecule has 5 heteroatoms. The second-order valence-electron chi connectivity index (χ2n) is 4.30. The first-order valence-electron chi connectivity index (χ1n) is 5.77. The van der Waals surface area contributed by atoms with Crippen LogP contribution in [0, 0.1) is 19.7 Å². The predicted molar refractivity (Wildman–Crippen MR) is 79.3 cm³/mol. The van der Waals surface area contributed by atoms with Gasteiger partial charge in [-0.2, -0.15) is 0 Å². The van der Waals surface area contributed by atoms with Crippen molar-refractivity contribution in [3.63, 3.8) is 0 Å². The van der Waals surface area contributed by atoms with Gasteiger partial charge in [-0.3, -0.25) is 0 Å². The number of rotatable bonds is 3. The van der Waals surface area contributed by atoms with Gasteiger partial charge in [0.1, 0.15) is 16.6 Å². The first-order chi connectivity index (χ1) is 8.99. The minimum atomic E-state index is -0.269. The second kappa shape index (κ2) is 5.32. The van der Waals surface area contributed by atoms with E-state index in [-0.39, 0.29) is 10.8 Å². The molecule has 0 aliphatic heterocycles. The molecular formula is C14H14FN3S. The minimum absolute atomic E-state index is 0.269. The van der Waals surface area contributed by atoms with Crippen molar-refractivity contribution in [2.24, 2.45) is 5.73 Å². The van der Waals surface area contributed by atoms with Crippen LogP contribution in [0.3, 0.4) is 0 Å². The van der Waals surface area contributed by atoms with Gasteiger partial charge in [0.2, 0.25) is 0 Å². The van der Waals surface area contributed by atoms with Crippen LogP contribution in [0.2, 0.25) is 0 Å². The summed E-state index contributed by atoms with van der Waals surface area (Å²) in [6.07, 6.45) is 1.68. The molecule has 1 aromatic carbocycles. The van der Waals surface area contributed by atoms with E-state index in [4.69, 9.17) is 18.0 Å². The van der Waals surface area contributed by atoms with E-state index in [2.05, 4.69) is 10.3 Å². The van der Waals surface area contributed by atoms with Gasteiger partial charge in [-0.15, -0.1) is 0 Å². The second-order valence-corrected chi connectivity index (χ2v) is 4.74. The Labute approximate surface area is 116 Å². The lowest BCUT2D eigenvalue weighted by Crippen LogP contribution is -2.15. The fourth-order valence-corrected chi connectivity index (χ4v) is 2.12. The summed E-state index contributed by atoms with van der Waals surface area (Å²) in [6.45, 7) is 3.74. The molecule has 0 fully saturated rings. The molecule has 0 atom stereocenters. The smallest absolute Gasteiger partial charge is 0.140 e. The summed E-state index contributed by atoms with van der Waals surface area (Å²) in [5.74, 6) is 0.317. The lowest BCUT2D eigenvalue weighted by Gasteiger charge is -2.13. The van der Waals surface area contributed by atoms with Crippen LogP contribution in [0.5, 0.6) is 0 Å². The van der Waals surface area contributed by atoms with Crippen molar-refractivity contribution >= 4 is 28.7 Å². The van der Waals surface area contributed by atoms with E-state index in [0.717, 1.165) is 16.8 Å². The summed E-state index contributed by atoms with van der Waals surface area (Å²) in [5.41, 5.74) is 8.95. The molecular weight excluding hydrogens is 261 g/mol. The normalized spacial score (nSPS) is 10.3. The maximum Gasteiger partial charge on any atom is 0.140 e. The summed E-state index contributed by atoms with van der Waals surface area (Å²) in [4.78, 5) is 4.53. The maximum absolute atomic E-state index is 13.1. The number of nitrogens with two attached hydrogens (primary N) is 1. The number of aryl methyl sites for hydroxylation is 2. The zero-order valence-electron chi connectivity index (χ0n) is 10.7. The largest absolute Gasteiger partial charge is 0.389 e. The highest BCUT2D eigenvalue weighted by Gasteiger charge is 2.11. The van der Waals surface area contributed by atoms with Crippen molar-refractivity contribution in [2.45, 2.75) is 13.8 Å². The molecule has 0 spiro atoms. The van der Waals surface area contributed by atoms with Gasteiger partial charge in [-0.05, 0) is 49.2 Å². The predicted octanol–water partition coefficient (Wildman–Crippen LogP) is 3.22. The van der Waals surface area contributed by atoms with Gasteiger partial charge in [0.15, 0.2) is 0 Å². The number of anilines is 2. The zero-order chi connectivity index (χ0) is 14.0. The van der Waals surface area contributed by atoms with Crippen molar-refractivity contribution in [3.05, 3.63) is 53.0 Å². The zero-order valence-corrected chi connectivity index (χ0v) is 11.5. The molecule has 0 aliphatic carbocycles. The molecule has 0 saturated carbocycles. The third kappa shape index (κ3) is 2.88. The third-order valence-electron chi connectivity index (χ3n) is 2.85. The monoisotopic (exact) mass is 275 g/mol. The van der Waals surface area contributed by atoms with Gasteiger partial charge in [0, 0.05) is 11.9 Å². The van der Waals surface area contributed by atoms with Crippen LogP contribution in [0.4, 0.5) is 15.9 Å². The molecule has 0 amide bonds. The fraction of sp³-hybridized carbons (Fsp3) is 0.143. The number of halogens is 1. The average molecular weight is 275 g/mol. The number of hydrogen-bond donors (Lipinski definition) is 2. The Morgan fingerprint density at radius 2 is 2.00 bits per heavy atom. The van der Waals surface area contributed by atoms with Crippen LogP contribution in [0.1, 0.15) is 16.7 Å². The Kier molecular flexibility index (Phi) is 3.76. The molecule has 0 radical (unpaired) electrons. The number of nitrogens with one attached hydrogen (secondary N) is 1. The minimum Gasteiger partial charge on any atom is -0.389 e. The third-order valence-corrected chi connectivity index (χ3v) is 3.05. The van der Waals surface area contributed by atoms with Crippen LogP contribution >= 0.6 is 12.2 Å². The van der Waals surface area contributed by atoms with Crippen LogP contribution in [0.15, 0.2) is 30.5 Å². The molecule has 0 aliphatic rings. The lowest BCUT2D eigenvalue weighted by atomic mass is 10.1. The number of nitrogens with zero attached hydrogens (tertiary/aromatic N) is 1. The highest BCUT2D eigenvalue weighted by Crippen LogP contribution is 2.24. The summed E-state index contributed by atoms with van der Waals surface area (Å²) >= 11 is 5.04. The Balaban J connectivity index is 2.44. The number of benzene rings is 1. The van der Waals surface area contributed by atoms with Crippen molar-refractivity contribution in [3.8, 4) is 0 Å². The van der Waals surface area contributed by atoms with Crippen LogP contribution in [0.25, 0.3) is 0 Å². The first kappa shape index (κ1) is 13.4. The maximum atomic E-state index is 13.1. The van der Waals surface area contributed by atoms with E-state index < -0.39 is 0 Å². The molecule has 19 heavy (non-hydrogen) atoms. The van der Waals surface area contributed by atoms with Crippen molar-refractivity contribution < 1.29 is 4.39 Å². The molecule has 2 aromatic rings. The Morgan fingerprint density at radius 1 is 1.26 bits per heavy atom. The summed E-state index contributed by atoms with van der Waals surface area (Å²) in [6, 6.07) is 6.36. The summed E-state index contributed by atoms with van der Waals surface area (Å²) in [5, 5.41) is 3.14. The first-order valence-corrected chi connectivity index (χ1v) is 6.18. The lowest BCUT2D eigenvalue weighted by molar-refractivity contribution is 0.627. The van der Waals surface area contributed by atoms with E-state index in [0.29, 0.717) is 11.4 Å².